The average molecular weight is 282 g/mol. The summed E-state index contributed by atoms with van der Waals surface area (Å²) in [4.78, 5) is 23.0. The number of nitrogens with zero attached hydrogens (tertiary/aromatic N) is 5. The average Bonchev–Trinajstić information content (AvgIpc) is 2.88. The van der Waals surface area contributed by atoms with E-state index in [-0.39, 0.29) is 0 Å². The molecule has 3 aromatic rings. The van der Waals surface area contributed by atoms with Crippen LogP contribution in [0.3, 0.4) is 0 Å². The monoisotopic (exact) mass is 282 g/mol. The molecule has 0 aliphatic heterocycles. The fourth-order valence-corrected chi connectivity index (χ4v) is 2.30. The number of fused-ring (bicyclic) bond motifs is 1. The lowest BCUT2D eigenvalue weighted by Crippen LogP contribution is -2.23. The minimum atomic E-state index is 0.720. The van der Waals surface area contributed by atoms with Crippen molar-refractivity contribution in [1.29, 1.82) is 0 Å². The molecular formula is C15H18N6. The Morgan fingerprint density at radius 2 is 1.76 bits per heavy atom. The van der Waals surface area contributed by atoms with E-state index in [1.165, 1.54) is 0 Å². The highest BCUT2D eigenvalue weighted by Crippen LogP contribution is 2.19. The van der Waals surface area contributed by atoms with Gasteiger partial charge in [0.1, 0.15) is 5.82 Å². The van der Waals surface area contributed by atoms with Gasteiger partial charge in [0.15, 0.2) is 5.65 Å². The molecule has 0 unspecified atom stereocenters. The van der Waals surface area contributed by atoms with Crippen molar-refractivity contribution >= 4 is 17.1 Å². The number of nitrogens with one attached hydrogen (secondary N) is 1. The molecule has 0 atom stereocenters. The van der Waals surface area contributed by atoms with Crippen LogP contribution in [0.1, 0.15) is 19.7 Å². The van der Waals surface area contributed by atoms with Crippen molar-refractivity contribution in [3.05, 3.63) is 30.4 Å². The second-order valence-electron chi connectivity index (χ2n) is 4.83. The van der Waals surface area contributed by atoms with Gasteiger partial charge in [-0.25, -0.2) is 19.9 Å². The molecule has 0 amide bonds. The first-order valence-electron chi connectivity index (χ1n) is 7.12. The molecule has 6 heteroatoms. The standard InChI is InChI=1S/C15H18N6/c1-4-21(5-2)15-16-8-11(9-17-15)12-6-7-13-14(20-12)19-10(3)18-13/h6-9H,4-5H2,1-3H3,(H,18,19,20). The topological polar surface area (TPSA) is 70.6 Å². The predicted octanol–water partition coefficient (Wildman–Crippen LogP) is 2.57. The summed E-state index contributed by atoms with van der Waals surface area (Å²) in [5.41, 5.74) is 3.39. The third-order valence-electron chi connectivity index (χ3n) is 3.44. The Kier molecular flexibility index (Phi) is 3.51. The summed E-state index contributed by atoms with van der Waals surface area (Å²) >= 11 is 0. The summed E-state index contributed by atoms with van der Waals surface area (Å²) in [6, 6.07) is 3.94. The highest BCUT2D eigenvalue weighted by atomic mass is 15.2. The smallest absolute Gasteiger partial charge is 0.225 e. The summed E-state index contributed by atoms with van der Waals surface area (Å²) in [6.07, 6.45) is 3.63. The van der Waals surface area contributed by atoms with E-state index >= 15 is 0 Å². The largest absolute Gasteiger partial charge is 0.341 e. The minimum absolute atomic E-state index is 0.720. The molecule has 0 saturated heterocycles. The fourth-order valence-electron chi connectivity index (χ4n) is 2.30. The zero-order chi connectivity index (χ0) is 14.8. The predicted molar refractivity (Wildman–Crippen MR) is 83.2 cm³/mol. The Morgan fingerprint density at radius 3 is 2.43 bits per heavy atom. The minimum Gasteiger partial charge on any atom is -0.341 e. The molecule has 0 fully saturated rings. The second-order valence-corrected chi connectivity index (χ2v) is 4.83. The van der Waals surface area contributed by atoms with Gasteiger partial charge in [0.25, 0.3) is 0 Å². The van der Waals surface area contributed by atoms with E-state index in [4.69, 9.17) is 0 Å². The number of aromatic nitrogens is 5. The van der Waals surface area contributed by atoms with Crippen molar-refractivity contribution in [3.8, 4) is 11.3 Å². The van der Waals surface area contributed by atoms with Crippen LogP contribution in [-0.2, 0) is 0 Å². The molecule has 3 heterocycles. The number of anilines is 1. The van der Waals surface area contributed by atoms with Crippen LogP contribution >= 0.6 is 0 Å². The Bertz CT molecular complexity index is 742. The van der Waals surface area contributed by atoms with Crippen molar-refractivity contribution in [1.82, 2.24) is 24.9 Å². The molecule has 1 N–H and O–H groups in total. The first kappa shape index (κ1) is 13.5. The molecule has 3 aromatic heterocycles. The molecule has 21 heavy (non-hydrogen) atoms. The molecule has 108 valence electrons. The van der Waals surface area contributed by atoms with E-state index in [1.54, 1.807) is 0 Å². The molecule has 3 rings (SSSR count). The summed E-state index contributed by atoms with van der Waals surface area (Å²) in [5.74, 6) is 1.61. The summed E-state index contributed by atoms with van der Waals surface area (Å²) in [7, 11) is 0. The van der Waals surface area contributed by atoms with Gasteiger partial charge in [0, 0.05) is 31.0 Å². The van der Waals surface area contributed by atoms with Crippen molar-refractivity contribution in [2.24, 2.45) is 0 Å². The summed E-state index contributed by atoms with van der Waals surface area (Å²) in [6.45, 7) is 7.90. The van der Waals surface area contributed by atoms with Crippen LogP contribution in [0.5, 0.6) is 0 Å². The van der Waals surface area contributed by atoms with Crippen molar-refractivity contribution < 1.29 is 0 Å². The highest BCUT2D eigenvalue weighted by Gasteiger charge is 2.08. The van der Waals surface area contributed by atoms with Gasteiger partial charge in [-0.1, -0.05) is 0 Å². The molecule has 0 spiro atoms. The lowest BCUT2D eigenvalue weighted by molar-refractivity contribution is 0.821. The molecule has 0 bridgehead atoms. The van der Waals surface area contributed by atoms with Gasteiger partial charge >= 0.3 is 0 Å². The van der Waals surface area contributed by atoms with E-state index in [2.05, 4.69) is 43.7 Å². The number of rotatable bonds is 4. The molecule has 0 aliphatic rings. The van der Waals surface area contributed by atoms with Crippen molar-refractivity contribution in [3.63, 3.8) is 0 Å². The number of H-pyrrole nitrogens is 1. The van der Waals surface area contributed by atoms with Gasteiger partial charge in [0.05, 0.1) is 11.2 Å². The van der Waals surface area contributed by atoms with Gasteiger partial charge < -0.3 is 9.88 Å². The Morgan fingerprint density at radius 1 is 1.05 bits per heavy atom. The Labute approximate surface area is 123 Å². The zero-order valence-electron chi connectivity index (χ0n) is 12.5. The fraction of sp³-hybridized carbons (Fsp3) is 0.333. The van der Waals surface area contributed by atoms with E-state index in [0.29, 0.717) is 0 Å². The van der Waals surface area contributed by atoms with E-state index in [9.17, 15) is 0 Å². The van der Waals surface area contributed by atoms with E-state index in [1.807, 2.05) is 31.5 Å². The number of hydrogen-bond acceptors (Lipinski definition) is 5. The molecule has 0 aromatic carbocycles. The quantitative estimate of drug-likeness (QED) is 0.796. The van der Waals surface area contributed by atoms with Crippen LogP contribution in [0.25, 0.3) is 22.4 Å². The second kappa shape index (κ2) is 5.47. The highest BCUT2D eigenvalue weighted by molar-refractivity contribution is 5.75. The third-order valence-corrected chi connectivity index (χ3v) is 3.44. The van der Waals surface area contributed by atoms with E-state index in [0.717, 1.165) is 47.3 Å². The number of aryl methyl sites for hydroxylation is 1. The maximum absolute atomic E-state index is 4.55. The Hall–Kier alpha value is -2.50. The number of pyridine rings is 1. The SMILES string of the molecule is CCN(CC)c1ncc(-c2ccc3[nH]c(C)nc3n2)cn1. The molecule has 0 aliphatic carbocycles. The van der Waals surface area contributed by atoms with Crippen LogP contribution < -0.4 is 4.90 Å². The molecule has 0 saturated carbocycles. The zero-order valence-corrected chi connectivity index (χ0v) is 12.5. The van der Waals surface area contributed by atoms with Gasteiger partial charge in [-0.3, -0.25) is 0 Å². The Balaban J connectivity index is 1.94. The number of aromatic amines is 1. The normalized spacial score (nSPS) is 11.0. The third kappa shape index (κ3) is 2.56. The van der Waals surface area contributed by atoms with Gasteiger partial charge in [0.2, 0.25) is 5.95 Å². The van der Waals surface area contributed by atoms with Gasteiger partial charge in [-0.2, -0.15) is 0 Å². The lowest BCUT2D eigenvalue weighted by Gasteiger charge is -2.17. The van der Waals surface area contributed by atoms with Crippen LogP contribution in [0.2, 0.25) is 0 Å². The van der Waals surface area contributed by atoms with E-state index < -0.39 is 0 Å². The lowest BCUT2D eigenvalue weighted by atomic mass is 10.2. The van der Waals surface area contributed by atoms with Crippen LogP contribution in [0.4, 0.5) is 5.95 Å². The summed E-state index contributed by atoms with van der Waals surface area (Å²) in [5, 5.41) is 0. The molecule has 0 radical (unpaired) electrons. The van der Waals surface area contributed by atoms with Crippen LogP contribution in [0, 0.1) is 6.92 Å². The van der Waals surface area contributed by atoms with Gasteiger partial charge in [-0.05, 0) is 32.9 Å². The van der Waals surface area contributed by atoms with Crippen molar-refractivity contribution in [2.75, 3.05) is 18.0 Å². The first-order valence-corrected chi connectivity index (χ1v) is 7.12. The van der Waals surface area contributed by atoms with Gasteiger partial charge in [-0.15, -0.1) is 0 Å². The molecular weight excluding hydrogens is 264 g/mol. The molecule has 6 nitrogen and oxygen atoms in total. The first-order chi connectivity index (χ1) is 10.2. The number of imidazole rings is 1. The van der Waals surface area contributed by atoms with Crippen LogP contribution in [0.15, 0.2) is 24.5 Å². The maximum Gasteiger partial charge on any atom is 0.225 e. The van der Waals surface area contributed by atoms with Crippen molar-refractivity contribution in [2.45, 2.75) is 20.8 Å². The maximum atomic E-state index is 4.55. The summed E-state index contributed by atoms with van der Waals surface area (Å²) < 4.78 is 0. The van der Waals surface area contributed by atoms with Crippen LogP contribution in [-0.4, -0.2) is 38.0 Å². The number of hydrogen-bond donors (Lipinski definition) is 1.